The van der Waals surface area contributed by atoms with E-state index in [2.05, 4.69) is 31.4 Å². The second-order valence-corrected chi connectivity index (χ2v) is 9.88. The van der Waals surface area contributed by atoms with Crippen LogP contribution in [0, 0.1) is 0 Å². The van der Waals surface area contributed by atoms with E-state index in [9.17, 15) is 9.59 Å². The third-order valence-electron chi connectivity index (χ3n) is 6.11. The third-order valence-corrected chi connectivity index (χ3v) is 6.11. The van der Waals surface area contributed by atoms with Crippen molar-refractivity contribution in [3.63, 3.8) is 0 Å². The Bertz CT molecular complexity index is 1270. The van der Waals surface area contributed by atoms with Gasteiger partial charge >= 0.3 is 0 Å². The molecule has 3 aromatic rings. The Hall–Kier alpha value is -3.68. The first-order valence-corrected chi connectivity index (χ1v) is 11.7. The number of carbonyl (C=O) groups is 2. The maximum Gasteiger partial charge on any atom is 0.253 e. The molecule has 0 aliphatic carbocycles. The van der Waals surface area contributed by atoms with Gasteiger partial charge in [0.05, 0.1) is 24.9 Å². The van der Waals surface area contributed by atoms with Gasteiger partial charge in [0.1, 0.15) is 11.6 Å². The van der Waals surface area contributed by atoms with Crippen LogP contribution < -0.4 is 26.0 Å². The molecular weight excluding hydrogens is 442 g/mol. The molecule has 2 aromatic carbocycles. The lowest BCUT2D eigenvalue weighted by atomic mass is 9.84. The number of nitrogens with two attached hydrogens (primary N) is 1. The summed E-state index contributed by atoms with van der Waals surface area (Å²) >= 11 is 0. The fraction of sp³-hybridized carbons (Fsp3) is 0.407. The van der Waals surface area contributed by atoms with E-state index in [-0.39, 0.29) is 23.7 Å². The molecule has 1 heterocycles. The second kappa shape index (κ2) is 9.90. The van der Waals surface area contributed by atoms with Gasteiger partial charge in [-0.05, 0) is 36.6 Å². The first-order chi connectivity index (χ1) is 16.4. The predicted molar refractivity (Wildman–Crippen MR) is 144 cm³/mol. The maximum atomic E-state index is 13.5. The van der Waals surface area contributed by atoms with Crippen LogP contribution in [0.25, 0.3) is 10.8 Å². The topological polar surface area (TPSA) is 102 Å². The number of nitrogen functional groups attached to an aromatic ring is 1. The molecule has 3 rings (SSSR count). The van der Waals surface area contributed by atoms with E-state index < -0.39 is 0 Å². The molecular formula is C27H37N5O3. The normalized spacial score (nSPS) is 11.4. The zero-order valence-corrected chi connectivity index (χ0v) is 22.0. The Morgan fingerprint density at radius 1 is 1.14 bits per heavy atom. The van der Waals surface area contributed by atoms with Gasteiger partial charge < -0.3 is 30.6 Å². The summed E-state index contributed by atoms with van der Waals surface area (Å²) in [6.07, 6.45) is 1.86. The summed E-state index contributed by atoms with van der Waals surface area (Å²) < 4.78 is 7.45. The van der Waals surface area contributed by atoms with Gasteiger partial charge in [-0.25, -0.2) is 0 Å². The number of nitrogens with one attached hydrogen (secondary N) is 2. The standard InChI is InChI=1S/C27H37N5O3/c1-9-30-21-11-16(10-20(24(21)35-8)27(2,3)4)23(33)15-32-14-17-12-22(31(6)7)19(26(34)29-5)13-18(17)25(32)28/h10-14,30H,9,15,28H2,1-8H3,(H,29,34). The number of nitrogens with zero attached hydrogens (tertiary/aromatic N) is 2. The molecule has 0 atom stereocenters. The summed E-state index contributed by atoms with van der Waals surface area (Å²) in [5.74, 6) is 0.937. The molecule has 0 saturated heterocycles. The summed E-state index contributed by atoms with van der Waals surface area (Å²) in [6.45, 7) is 9.07. The fourth-order valence-electron chi connectivity index (χ4n) is 4.28. The number of hydrogen-bond donors (Lipinski definition) is 3. The number of fused-ring (bicyclic) bond motifs is 1. The van der Waals surface area contributed by atoms with Crippen LogP contribution in [0.2, 0.25) is 0 Å². The predicted octanol–water partition coefficient (Wildman–Crippen LogP) is 4.27. The first kappa shape index (κ1) is 25.9. The van der Waals surface area contributed by atoms with E-state index in [1.54, 1.807) is 24.8 Å². The molecule has 0 aliphatic heterocycles. The zero-order chi connectivity index (χ0) is 26.1. The Labute approximate surface area is 207 Å². The number of Topliss-reactive ketones (excluding diaryl/α,β-unsaturated/α-hetero) is 1. The van der Waals surface area contributed by atoms with E-state index in [0.29, 0.717) is 23.5 Å². The van der Waals surface area contributed by atoms with Crippen LogP contribution in [-0.2, 0) is 12.0 Å². The molecule has 0 aliphatic rings. The number of hydrogen-bond acceptors (Lipinski definition) is 6. The van der Waals surface area contributed by atoms with Crippen LogP contribution in [0.4, 0.5) is 17.2 Å². The van der Waals surface area contributed by atoms with Crippen molar-refractivity contribution in [2.75, 3.05) is 50.7 Å². The molecule has 0 radical (unpaired) electrons. The molecule has 0 unspecified atom stereocenters. The number of aromatic nitrogens is 1. The number of benzene rings is 2. The van der Waals surface area contributed by atoms with Crippen LogP contribution in [0.3, 0.4) is 0 Å². The van der Waals surface area contributed by atoms with Gasteiger partial charge in [-0.2, -0.15) is 0 Å². The van der Waals surface area contributed by atoms with Crippen molar-refractivity contribution in [2.45, 2.75) is 39.7 Å². The quantitative estimate of drug-likeness (QED) is 0.417. The minimum Gasteiger partial charge on any atom is -0.494 e. The highest BCUT2D eigenvalue weighted by molar-refractivity contribution is 6.07. The van der Waals surface area contributed by atoms with E-state index in [4.69, 9.17) is 10.5 Å². The molecule has 35 heavy (non-hydrogen) atoms. The van der Waals surface area contributed by atoms with Crippen molar-refractivity contribution in [1.29, 1.82) is 0 Å². The van der Waals surface area contributed by atoms with E-state index in [1.165, 1.54) is 0 Å². The minimum atomic E-state index is -0.216. The van der Waals surface area contributed by atoms with Gasteiger partial charge in [0, 0.05) is 61.5 Å². The van der Waals surface area contributed by atoms with Crippen molar-refractivity contribution in [3.05, 3.63) is 47.2 Å². The van der Waals surface area contributed by atoms with Crippen LogP contribution >= 0.6 is 0 Å². The van der Waals surface area contributed by atoms with E-state index in [0.717, 1.165) is 33.5 Å². The number of amides is 1. The first-order valence-electron chi connectivity index (χ1n) is 11.7. The molecule has 8 heteroatoms. The van der Waals surface area contributed by atoms with Crippen LogP contribution in [0.1, 0.15) is 54.0 Å². The van der Waals surface area contributed by atoms with E-state index >= 15 is 0 Å². The molecule has 188 valence electrons. The Balaban J connectivity index is 2.07. The largest absolute Gasteiger partial charge is 0.494 e. The summed E-state index contributed by atoms with van der Waals surface area (Å²) in [5.41, 5.74) is 9.89. The summed E-state index contributed by atoms with van der Waals surface area (Å²) in [4.78, 5) is 27.8. The molecule has 4 N–H and O–H groups in total. The number of anilines is 3. The molecule has 8 nitrogen and oxygen atoms in total. The SMILES string of the molecule is CCNc1cc(C(=O)Cn2cc3cc(N(C)C)c(C(=O)NC)cc3c2N)cc(C(C)(C)C)c1OC. The zero-order valence-electron chi connectivity index (χ0n) is 22.0. The van der Waals surface area contributed by atoms with Crippen molar-refractivity contribution in [3.8, 4) is 5.75 Å². The highest BCUT2D eigenvalue weighted by atomic mass is 16.5. The summed E-state index contributed by atoms with van der Waals surface area (Å²) in [7, 11) is 7.02. The fourth-order valence-corrected chi connectivity index (χ4v) is 4.28. The Kier molecular flexibility index (Phi) is 7.33. The highest BCUT2D eigenvalue weighted by Crippen LogP contribution is 2.39. The lowest BCUT2D eigenvalue weighted by molar-refractivity contribution is 0.0959. The second-order valence-electron chi connectivity index (χ2n) is 9.88. The van der Waals surface area contributed by atoms with Crippen molar-refractivity contribution >= 4 is 39.7 Å². The number of methoxy groups -OCH3 is 1. The van der Waals surface area contributed by atoms with Crippen LogP contribution in [0.5, 0.6) is 5.75 Å². The molecule has 0 spiro atoms. The van der Waals surface area contributed by atoms with Gasteiger partial charge in [-0.3, -0.25) is 9.59 Å². The van der Waals surface area contributed by atoms with Gasteiger partial charge in [0.2, 0.25) is 0 Å². The van der Waals surface area contributed by atoms with Gasteiger partial charge in [-0.15, -0.1) is 0 Å². The van der Waals surface area contributed by atoms with Crippen LogP contribution in [0.15, 0.2) is 30.5 Å². The highest BCUT2D eigenvalue weighted by Gasteiger charge is 2.25. The van der Waals surface area contributed by atoms with Crippen molar-refractivity contribution < 1.29 is 14.3 Å². The van der Waals surface area contributed by atoms with Gasteiger partial charge in [0.25, 0.3) is 5.91 Å². The number of ether oxygens (including phenoxy) is 1. The van der Waals surface area contributed by atoms with Gasteiger partial charge in [0.15, 0.2) is 5.78 Å². The average molecular weight is 480 g/mol. The monoisotopic (exact) mass is 479 g/mol. The number of carbonyl (C=O) groups excluding carboxylic acids is 2. The number of ketones is 1. The smallest absolute Gasteiger partial charge is 0.253 e. The van der Waals surface area contributed by atoms with Crippen molar-refractivity contribution in [1.82, 2.24) is 9.88 Å². The van der Waals surface area contributed by atoms with Crippen LogP contribution in [-0.4, -0.2) is 51.1 Å². The van der Waals surface area contributed by atoms with E-state index in [1.807, 2.05) is 50.3 Å². The Morgan fingerprint density at radius 2 is 1.83 bits per heavy atom. The summed E-state index contributed by atoms with van der Waals surface area (Å²) in [6, 6.07) is 7.46. The van der Waals surface area contributed by atoms with Crippen molar-refractivity contribution in [2.24, 2.45) is 0 Å². The molecule has 1 amide bonds. The Morgan fingerprint density at radius 3 is 2.37 bits per heavy atom. The lowest BCUT2D eigenvalue weighted by Gasteiger charge is -2.25. The molecule has 1 aromatic heterocycles. The average Bonchev–Trinajstić information content (AvgIpc) is 3.10. The lowest BCUT2D eigenvalue weighted by Crippen LogP contribution is -2.22. The maximum absolute atomic E-state index is 13.5. The minimum absolute atomic E-state index is 0.0660. The molecule has 0 bridgehead atoms. The molecule has 0 fully saturated rings. The van der Waals surface area contributed by atoms with Gasteiger partial charge in [-0.1, -0.05) is 20.8 Å². The number of rotatable bonds is 8. The summed E-state index contributed by atoms with van der Waals surface area (Å²) in [5, 5.41) is 7.60. The third kappa shape index (κ3) is 5.06. The molecule has 0 saturated carbocycles.